The highest BCUT2D eigenvalue weighted by Crippen LogP contribution is 2.40. The second-order valence-corrected chi connectivity index (χ2v) is 14.2. The third kappa shape index (κ3) is 7.53. The molecule has 41 heavy (non-hydrogen) atoms. The molecule has 1 aliphatic heterocycles. The lowest BCUT2D eigenvalue weighted by Crippen LogP contribution is -2.41. The zero-order chi connectivity index (χ0) is 30.2. The van der Waals surface area contributed by atoms with Crippen molar-refractivity contribution in [3.63, 3.8) is 0 Å². The van der Waals surface area contributed by atoms with Gasteiger partial charge in [0.2, 0.25) is 10.0 Å². The standard InChI is InChI=1S/C30H42F3N3O4S/c1-19-15-27(41(38,39)35-29(3,4)5)25(30(31,32)33)16-23(19)26-17-24(28(37)34-22-11-13-40-14-12-22)20(2)36(26)18-21-9-7-6-8-10-21/h15-17,21-22,35H,6-14,18H2,1-5H3,(H,34,37). The number of amides is 1. The summed E-state index contributed by atoms with van der Waals surface area (Å²) in [4.78, 5) is 12.6. The van der Waals surface area contributed by atoms with Gasteiger partial charge in [0, 0.05) is 48.3 Å². The molecule has 0 bridgehead atoms. The van der Waals surface area contributed by atoms with E-state index >= 15 is 0 Å². The molecule has 0 unspecified atom stereocenters. The molecule has 1 aromatic carbocycles. The van der Waals surface area contributed by atoms with Crippen LogP contribution in [0.2, 0.25) is 0 Å². The number of aryl methyl sites for hydroxylation is 1. The summed E-state index contributed by atoms with van der Waals surface area (Å²) < 4.78 is 79.1. The first-order chi connectivity index (χ1) is 19.1. The maximum atomic E-state index is 14.4. The number of nitrogens with one attached hydrogen (secondary N) is 2. The smallest absolute Gasteiger partial charge is 0.381 e. The minimum atomic E-state index is -4.91. The first-order valence-corrected chi connectivity index (χ1v) is 15.9. The minimum absolute atomic E-state index is 0.0285. The van der Waals surface area contributed by atoms with Crippen LogP contribution in [0, 0.1) is 19.8 Å². The summed E-state index contributed by atoms with van der Waals surface area (Å²) >= 11 is 0. The Labute approximate surface area is 241 Å². The van der Waals surface area contributed by atoms with Gasteiger partial charge in [0.05, 0.1) is 16.0 Å². The SMILES string of the molecule is Cc1cc(S(=O)(=O)NC(C)(C)C)c(C(F)(F)F)cc1-c1cc(C(=O)NC2CCOCC2)c(C)n1CC1CCCCC1. The van der Waals surface area contributed by atoms with Crippen LogP contribution in [0.25, 0.3) is 11.3 Å². The van der Waals surface area contributed by atoms with Crippen LogP contribution < -0.4 is 10.0 Å². The number of rotatable bonds is 7. The van der Waals surface area contributed by atoms with Crippen molar-refractivity contribution in [2.75, 3.05) is 13.2 Å². The Morgan fingerprint density at radius 3 is 2.22 bits per heavy atom. The van der Waals surface area contributed by atoms with E-state index in [1.165, 1.54) is 6.42 Å². The highest BCUT2D eigenvalue weighted by molar-refractivity contribution is 7.89. The molecule has 0 spiro atoms. The molecule has 228 valence electrons. The molecule has 4 rings (SSSR count). The summed E-state index contributed by atoms with van der Waals surface area (Å²) in [6, 6.07) is 3.66. The maximum absolute atomic E-state index is 14.4. The van der Waals surface area contributed by atoms with E-state index in [1.54, 1.807) is 33.8 Å². The monoisotopic (exact) mass is 597 g/mol. The van der Waals surface area contributed by atoms with Gasteiger partial charge in [0.1, 0.15) is 0 Å². The Bertz CT molecular complexity index is 1360. The Morgan fingerprint density at radius 1 is 1.00 bits per heavy atom. The Hall–Kier alpha value is -2.37. The molecule has 2 heterocycles. The number of carbonyl (C=O) groups is 1. The fourth-order valence-corrected chi connectivity index (χ4v) is 7.64. The van der Waals surface area contributed by atoms with Crippen molar-refractivity contribution in [2.45, 2.75) is 109 Å². The molecule has 11 heteroatoms. The number of aromatic nitrogens is 1. The summed E-state index contributed by atoms with van der Waals surface area (Å²) in [5, 5.41) is 3.07. The third-order valence-corrected chi connectivity index (χ3v) is 9.77. The summed E-state index contributed by atoms with van der Waals surface area (Å²) in [5.41, 5.74) is 0.0389. The Morgan fingerprint density at radius 2 is 1.63 bits per heavy atom. The zero-order valence-electron chi connectivity index (χ0n) is 24.6. The van der Waals surface area contributed by atoms with Crippen molar-refractivity contribution >= 4 is 15.9 Å². The van der Waals surface area contributed by atoms with E-state index in [4.69, 9.17) is 4.74 Å². The highest BCUT2D eigenvalue weighted by atomic mass is 32.2. The zero-order valence-corrected chi connectivity index (χ0v) is 25.4. The van der Waals surface area contributed by atoms with Crippen molar-refractivity contribution < 1.29 is 31.1 Å². The van der Waals surface area contributed by atoms with Crippen LogP contribution in [0.5, 0.6) is 0 Å². The van der Waals surface area contributed by atoms with Crippen molar-refractivity contribution in [3.05, 3.63) is 40.6 Å². The number of carbonyl (C=O) groups excluding carboxylic acids is 1. The predicted octanol–water partition coefficient (Wildman–Crippen LogP) is 6.36. The minimum Gasteiger partial charge on any atom is -0.381 e. The van der Waals surface area contributed by atoms with Gasteiger partial charge < -0.3 is 14.6 Å². The Kier molecular flexibility index (Phi) is 9.31. The molecule has 2 aliphatic rings. The topological polar surface area (TPSA) is 89.4 Å². The van der Waals surface area contributed by atoms with Crippen LogP contribution in [0.3, 0.4) is 0 Å². The number of nitrogens with zero attached hydrogens (tertiary/aromatic N) is 1. The molecule has 1 saturated heterocycles. The quantitative estimate of drug-likeness (QED) is 0.389. The molecule has 0 atom stereocenters. The summed E-state index contributed by atoms with van der Waals surface area (Å²) in [5.74, 6) is 0.0818. The molecular formula is C30H42F3N3O4S. The normalized spacial score (nSPS) is 18.0. The fraction of sp³-hybridized carbons (Fsp3) is 0.633. The van der Waals surface area contributed by atoms with Crippen LogP contribution in [-0.2, 0) is 27.5 Å². The molecule has 1 aromatic heterocycles. The van der Waals surface area contributed by atoms with E-state index in [1.807, 2.05) is 11.5 Å². The molecule has 2 N–H and O–H groups in total. The number of alkyl halides is 3. The van der Waals surface area contributed by atoms with Crippen molar-refractivity contribution in [3.8, 4) is 11.3 Å². The number of hydrogen-bond donors (Lipinski definition) is 2. The number of halogens is 3. The average molecular weight is 598 g/mol. The first-order valence-electron chi connectivity index (χ1n) is 14.4. The van der Waals surface area contributed by atoms with Gasteiger partial charge in [-0.15, -0.1) is 0 Å². The van der Waals surface area contributed by atoms with E-state index in [9.17, 15) is 26.4 Å². The van der Waals surface area contributed by atoms with E-state index in [2.05, 4.69) is 10.0 Å². The van der Waals surface area contributed by atoms with Gasteiger partial charge in [0.25, 0.3) is 5.91 Å². The molecule has 1 amide bonds. The lowest BCUT2D eigenvalue weighted by Gasteiger charge is -2.26. The first kappa shape index (κ1) is 31.6. The predicted molar refractivity (Wildman–Crippen MR) is 152 cm³/mol. The molecular weight excluding hydrogens is 555 g/mol. The second kappa shape index (κ2) is 12.1. The van der Waals surface area contributed by atoms with Gasteiger partial charge in [-0.1, -0.05) is 19.3 Å². The Balaban J connectivity index is 1.84. The van der Waals surface area contributed by atoms with Gasteiger partial charge in [0.15, 0.2) is 0 Å². The van der Waals surface area contributed by atoms with E-state index in [0.717, 1.165) is 37.8 Å². The number of hydrogen-bond acceptors (Lipinski definition) is 4. The third-order valence-electron chi connectivity index (χ3n) is 7.97. The summed E-state index contributed by atoms with van der Waals surface area (Å²) in [7, 11) is -4.47. The number of benzene rings is 1. The molecule has 1 aliphatic carbocycles. The van der Waals surface area contributed by atoms with Crippen LogP contribution in [0.15, 0.2) is 23.1 Å². The molecule has 0 radical (unpaired) electrons. The van der Waals surface area contributed by atoms with Crippen molar-refractivity contribution in [2.24, 2.45) is 5.92 Å². The van der Waals surface area contributed by atoms with Gasteiger partial charge in [-0.25, -0.2) is 13.1 Å². The van der Waals surface area contributed by atoms with E-state index in [-0.39, 0.29) is 17.5 Å². The van der Waals surface area contributed by atoms with Crippen molar-refractivity contribution in [1.82, 2.24) is 14.6 Å². The van der Waals surface area contributed by atoms with Gasteiger partial charge >= 0.3 is 6.18 Å². The van der Waals surface area contributed by atoms with Gasteiger partial charge in [-0.2, -0.15) is 13.2 Å². The molecule has 2 fully saturated rings. The van der Waals surface area contributed by atoms with Crippen LogP contribution >= 0.6 is 0 Å². The fourth-order valence-electron chi connectivity index (χ4n) is 5.93. The van der Waals surface area contributed by atoms with E-state index in [0.29, 0.717) is 61.0 Å². The van der Waals surface area contributed by atoms with Crippen LogP contribution in [0.1, 0.15) is 92.9 Å². The van der Waals surface area contributed by atoms with Gasteiger partial charge in [-0.05, 0) is 90.0 Å². The molecule has 2 aromatic rings. The average Bonchev–Trinajstić information content (AvgIpc) is 3.18. The highest BCUT2D eigenvalue weighted by Gasteiger charge is 2.39. The second-order valence-electron chi connectivity index (χ2n) is 12.5. The summed E-state index contributed by atoms with van der Waals surface area (Å²) in [6.45, 7) is 9.88. The number of sulfonamides is 1. The van der Waals surface area contributed by atoms with Crippen LogP contribution in [0.4, 0.5) is 13.2 Å². The molecule has 7 nitrogen and oxygen atoms in total. The number of ether oxygens (including phenoxy) is 1. The van der Waals surface area contributed by atoms with Crippen LogP contribution in [-0.4, -0.2) is 43.7 Å². The lowest BCUT2D eigenvalue weighted by molar-refractivity contribution is -0.139. The largest absolute Gasteiger partial charge is 0.417 e. The van der Waals surface area contributed by atoms with Crippen molar-refractivity contribution in [1.29, 1.82) is 0 Å². The van der Waals surface area contributed by atoms with E-state index < -0.39 is 32.2 Å². The van der Waals surface area contributed by atoms with Gasteiger partial charge in [-0.3, -0.25) is 4.79 Å². The maximum Gasteiger partial charge on any atom is 0.417 e. The molecule has 1 saturated carbocycles. The lowest BCUT2D eigenvalue weighted by atomic mass is 9.89. The summed E-state index contributed by atoms with van der Waals surface area (Å²) in [6.07, 6.45) is 1.89.